The topological polar surface area (TPSA) is 80.4 Å². The zero-order valence-corrected chi connectivity index (χ0v) is 12.3. The van der Waals surface area contributed by atoms with Crippen molar-refractivity contribution in [2.45, 2.75) is 23.6 Å². The van der Waals surface area contributed by atoms with E-state index in [2.05, 4.69) is 0 Å². The fraction of sp³-hybridized carbons (Fsp3) is 0.133. The number of carbonyl (C=O) groups is 1. The zero-order valence-electron chi connectivity index (χ0n) is 11.5. The van der Waals surface area contributed by atoms with E-state index < -0.39 is 10.9 Å². The Balaban J connectivity index is 2.50. The molecule has 0 heterocycles. The summed E-state index contributed by atoms with van der Waals surface area (Å²) >= 11 is 1.21. The van der Waals surface area contributed by atoms with Crippen molar-refractivity contribution in [1.29, 1.82) is 0 Å². The molecule has 0 atom stereocenters. The van der Waals surface area contributed by atoms with Crippen LogP contribution in [0.2, 0.25) is 0 Å². The Kier molecular flexibility index (Phi) is 4.28. The number of hydrogen-bond donors (Lipinski definition) is 1. The monoisotopic (exact) mass is 303 g/mol. The molecule has 0 saturated carbocycles. The van der Waals surface area contributed by atoms with Crippen LogP contribution in [0.25, 0.3) is 0 Å². The van der Waals surface area contributed by atoms with Gasteiger partial charge in [-0.2, -0.15) is 0 Å². The lowest BCUT2D eigenvalue weighted by Gasteiger charge is -2.08. The molecule has 0 amide bonds. The number of carboxylic acid groups (broad SMARTS) is 1. The fourth-order valence-electron chi connectivity index (χ4n) is 1.82. The van der Waals surface area contributed by atoms with Gasteiger partial charge in [0.05, 0.1) is 15.4 Å². The van der Waals surface area contributed by atoms with E-state index in [-0.39, 0.29) is 11.3 Å². The van der Waals surface area contributed by atoms with Gasteiger partial charge in [0.2, 0.25) is 0 Å². The summed E-state index contributed by atoms with van der Waals surface area (Å²) in [5, 5.41) is 20.1. The molecule has 0 aromatic heterocycles. The maximum Gasteiger partial charge on any atom is 0.335 e. The number of carboxylic acids is 1. The average molecular weight is 303 g/mol. The first-order valence-corrected chi connectivity index (χ1v) is 6.97. The third-order valence-electron chi connectivity index (χ3n) is 2.97. The molecule has 0 unspecified atom stereocenters. The van der Waals surface area contributed by atoms with E-state index in [1.54, 1.807) is 0 Å². The summed E-state index contributed by atoms with van der Waals surface area (Å²) in [4.78, 5) is 22.8. The minimum atomic E-state index is -1.10. The van der Waals surface area contributed by atoms with E-state index in [0.717, 1.165) is 16.0 Å². The molecule has 0 aliphatic rings. The minimum absolute atomic E-state index is 0.0356. The number of nitrogens with zero attached hydrogens (tertiary/aromatic N) is 1. The number of rotatable bonds is 4. The summed E-state index contributed by atoms with van der Waals surface area (Å²) in [5.41, 5.74) is 1.97. The molecule has 1 N–H and O–H groups in total. The Hall–Kier alpha value is -2.34. The molecule has 0 bridgehead atoms. The molecule has 0 spiro atoms. The van der Waals surface area contributed by atoms with E-state index in [9.17, 15) is 14.9 Å². The molecule has 0 fully saturated rings. The van der Waals surface area contributed by atoms with Crippen LogP contribution in [0.15, 0.2) is 46.2 Å². The number of aromatic carboxylic acids is 1. The van der Waals surface area contributed by atoms with Gasteiger partial charge in [0.15, 0.2) is 0 Å². The van der Waals surface area contributed by atoms with Crippen molar-refractivity contribution >= 4 is 23.4 Å². The Morgan fingerprint density at radius 3 is 2.48 bits per heavy atom. The lowest BCUT2D eigenvalue weighted by atomic mass is 10.2. The molecule has 0 radical (unpaired) electrons. The molecule has 0 saturated heterocycles. The lowest BCUT2D eigenvalue weighted by Crippen LogP contribution is -1.98. The molecular weight excluding hydrogens is 290 g/mol. The second kappa shape index (κ2) is 5.97. The van der Waals surface area contributed by atoms with Crippen molar-refractivity contribution in [2.75, 3.05) is 0 Å². The number of hydrogen-bond acceptors (Lipinski definition) is 4. The fourth-order valence-corrected chi connectivity index (χ4v) is 2.96. The average Bonchev–Trinajstić information content (AvgIpc) is 2.42. The molecule has 0 aliphatic carbocycles. The Bertz CT molecular complexity index is 728. The second-order valence-corrected chi connectivity index (χ2v) is 5.70. The summed E-state index contributed by atoms with van der Waals surface area (Å²) in [7, 11) is 0. The van der Waals surface area contributed by atoms with Crippen molar-refractivity contribution in [1.82, 2.24) is 0 Å². The van der Waals surface area contributed by atoms with Gasteiger partial charge in [0.1, 0.15) is 0 Å². The van der Waals surface area contributed by atoms with Crippen LogP contribution in [0.5, 0.6) is 0 Å². The van der Waals surface area contributed by atoms with Gasteiger partial charge in [-0.05, 0) is 43.2 Å². The van der Waals surface area contributed by atoms with Crippen molar-refractivity contribution in [3.05, 3.63) is 63.2 Å². The van der Waals surface area contributed by atoms with Crippen LogP contribution in [0.3, 0.4) is 0 Å². The number of nitro benzene ring substituents is 1. The van der Waals surface area contributed by atoms with Crippen LogP contribution in [0, 0.1) is 24.0 Å². The van der Waals surface area contributed by atoms with Gasteiger partial charge >= 0.3 is 5.97 Å². The molecule has 2 aromatic rings. The summed E-state index contributed by atoms with van der Waals surface area (Å²) in [6.07, 6.45) is 0. The normalized spacial score (nSPS) is 10.4. The standard InChI is InChI=1S/C15H13NO4S/c1-9-3-4-10(2)13(7-9)21-14-8-11(15(17)18)5-6-12(14)16(19)20/h3-8H,1-2H3,(H,17,18). The van der Waals surface area contributed by atoms with Crippen LogP contribution in [0.4, 0.5) is 5.69 Å². The van der Waals surface area contributed by atoms with Gasteiger partial charge in [-0.15, -0.1) is 0 Å². The molecule has 108 valence electrons. The number of benzene rings is 2. The molecule has 2 rings (SSSR count). The largest absolute Gasteiger partial charge is 0.478 e. The van der Waals surface area contributed by atoms with Crippen LogP contribution >= 0.6 is 11.8 Å². The summed E-state index contributed by atoms with van der Waals surface area (Å²) in [5.74, 6) is -1.10. The van der Waals surface area contributed by atoms with E-state index in [1.165, 1.54) is 30.0 Å². The first-order chi connectivity index (χ1) is 9.88. The summed E-state index contributed by atoms with van der Waals surface area (Å²) in [6, 6.07) is 9.64. The van der Waals surface area contributed by atoms with E-state index in [0.29, 0.717) is 4.90 Å². The predicted octanol–water partition coefficient (Wildman–Crippen LogP) is 4.06. The second-order valence-electron chi connectivity index (χ2n) is 4.62. The van der Waals surface area contributed by atoms with Crippen molar-refractivity contribution < 1.29 is 14.8 Å². The number of nitro groups is 1. The molecule has 0 aliphatic heterocycles. The van der Waals surface area contributed by atoms with Crippen molar-refractivity contribution in [3.63, 3.8) is 0 Å². The van der Waals surface area contributed by atoms with Crippen LogP contribution in [-0.2, 0) is 0 Å². The summed E-state index contributed by atoms with van der Waals surface area (Å²) < 4.78 is 0. The Labute approximate surface area is 125 Å². The third-order valence-corrected chi connectivity index (χ3v) is 4.17. The van der Waals surface area contributed by atoms with Crippen molar-refractivity contribution in [2.24, 2.45) is 0 Å². The Morgan fingerprint density at radius 2 is 1.86 bits per heavy atom. The summed E-state index contributed by atoms with van der Waals surface area (Å²) in [6.45, 7) is 3.85. The first kappa shape index (κ1) is 15.1. The molecule has 21 heavy (non-hydrogen) atoms. The highest BCUT2D eigenvalue weighted by atomic mass is 32.2. The number of aryl methyl sites for hydroxylation is 2. The van der Waals surface area contributed by atoms with Gasteiger partial charge in [-0.1, -0.05) is 23.9 Å². The van der Waals surface area contributed by atoms with Crippen molar-refractivity contribution in [3.8, 4) is 0 Å². The highest BCUT2D eigenvalue weighted by molar-refractivity contribution is 7.99. The molecule has 5 nitrogen and oxygen atoms in total. The maximum absolute atomic E-state index is 11.1. The van der Waals surface area contributed by atoms with E-state index >= 15 is 0 Å². The third kappa shape index (κ3) is 3.41. The maximum atomic E-state index is 11.1. The van der Waals surface area contributed by atoms with Gasteiger partial charge in [0, 0.05) is 11.0 Å². The molecule has 2 aromatic carbocycles. The van der Waals surface area contributed by atoms with Gasteiger partial charge in [-0.3, -0.25) is 10.1 Å². The first-order valence-electron chi connectivity index (χ1n) is 6.15. The van der Waals surface area contributed by atoms with Crippen LogP contribution < -0.4 is 0 Å². The van der Waals surface area contributed by atoms with E-state index in [4.69, 9.17) is 5.11 Å². The smallest absolute Gasteiger partial charge is 0.335 e. The highest BCUT2D eigenvalue weighted by Gasteiger charge is 2.18. The Morgan fingerprint density at radius 1 is 1.14 bits per heavy atom. The zero-order chi connectivity index (χ0) is 15.6. The molecule has 6 heteroatoms. The SMILES string of the molecule is Cc1ccc(C)c(Sc2cc(C(=O)O)ccc2[N+](=O)[O-])c1. The lowest BCUT2D eigenvalue weighted by molar-refractivity contribution is -0.387. The van der Waals surface area contributed by atoms with Gasteiger partial charge < -0.3 is 5.11 Å². The van der Waals surface area contributed by atoms with Gasteiger partial charge in [-0.25, -0.2) is 4.79 Å². The van der Waals surface area contributed by atoms with Gasteiger partial charge in [0.25, 0.3) is 5.69 Å². The van der Waals surface area contributed by atoms with Crippen LogP contribution in [0.1, 0.15) is 21.5 Å². The quantitative estimate of drug-likeness (QED) is 0.680. The molecular formula is C15H13NO4S. The predicted molar refractivity (Wildman–Crippen MR) is 80.1 cm³/mol. The minimum Gasteiger partial charge on any atom is -0.478 e. The van der Waals surface area contributed by atoms with Crippen LogP contribution in [-0.4, -0.2) is 16.0 Å². The highest BCUT2D eigenvalue weighted by Crippen LogP contribution is 2.37. The van der Waals surface area contributed by atoms with E-state index in [1.807, 2.05) is 32.0 Å².